The molecule has 0 radical (unpaired) electrons. The molecule has 1 aliphatic rings. The first kappa shape index (κ1) is 17.5. The SMILES string of the molecule is COCC(=O)Nc1ccc(-c2noc([C@@H]3CCCN3C(C)C)n2)cn1. The van der Waals surface area contributed by atoms with Gasteiger partial charge in [-0.25, -0.2) is 4.98 Å². The molecule has 0 aromatic carbocycles. The van der Waals surface area contributed by atoms with E-state index in [0.29, 0.717) is 23.6 Å². The first-order chi connectivity index (χ1) is 12.1. The zero-order chi connectivity index (χ0) is 17.8. The monoisotopic (exact) mass is 345 g/mol. The van der Waals surface area contributed by atoms with Crippen LogP contribution in [0.25, 0.3) is 11.4 Å². The van der Waals surface area contributed by atoms with E-state index in [0.717, 1.165) is 24.9 Å². The Kier molecular flexibility index (Phi) is 5.40. The van der Waals surface area contributed by atoms with Crippen molar-refractivity contribution in [1.29, 1.82) is 0 Å². The number of methoxy groups -OCH3 is 1. The zero-order valence-corrected chi connectivity index (χ0v) is 14.7. The third kappa shape index (κ3) is 4.02. The predicted molar refractivity (Wildman–Crippen MR) is 91.9 cm³/mol. The van der Waals surface area contributed by atoms with Crippen molar-refractivity contribution in [3.63, 3.8) is 0 Å². The van der Waals surface area contributed by atoms with E-state index in [1.165, 1.54) is 7.11 Å². The maximum absolute atomic E-state index is 11.5. The second-order valence-electron chi connectivity index (χ2n) is 6.36. The van der Waals surface area contributed by atoms with Gasteiger partial charge in [-0.3, -0.25) is 9.69 Å². The highest BCUT2D eigenvalue weighted by molar-refractivity contribution is 5.90. The van der Waals surface area contributed by atoms with Gasteiger partial charge in [-0.2, -0.15) is 4.98 Å². The average molecular weight is 345 g/mol. The summed E-state index contributed by atoms with van der Waals surface area (Å²) in [5, 5.41) is 6.73. The number of carbonyl (C=O) groups excluding carboxylic acids is 1. The molecule has 134 valence electrons. The summed E-state index contributed by atoms with van der Waals surface area (Å²) in [6, 6.07) is 4.13. The van der Waals surface area contributed by atoms with Crippen LogP contribution in [0.1, 0.15) is 38.6 Å². The minimum Gasteiger partial charge on any atom is -0.375 e. The number of hydrogen-bond acceptors (Lipinski definition) is 7. The number of aromatic nitrogens is 3. The van der Waals surface area contributed by atoms with Crippen LogP contribution in [0.2, 0.25) is 0 Å². The third-order valence-electron chi connectivity index (χ3n) is 4.25. The van der Waals surface area contributed by atoms with Crippen molar-refractivity contribution in [1.82, 2.24) is 20.0 Å². The lowest BCUT2D eigenvalue weighted by atomic mass is 10.2. The number of rotatable bonds is 6. The van der Waals surface area contributed by atoms with E-state index in [4.69, 9.17) is 9.26 Å². The first-order valence-corrected chi connectivity index (χ1v) is 8.43. The summed E-state index contributed by atoms with van der Waals surface area (Å²) >= 11 is 0. The minimum absolute atomic E-state index is 0.00856. The van der Waals surface area contributed by atoms with Gasteiger partial charge < -0.3 is 14.6 Å². The summed E-state index contributed by atoms with van der Waals surface area (Å²) in [7, 11) is 1.47. The molecule has 8 heteroatoms. The van der Waals surface area contributed by atoms with Crippen molar-refractivity contribution < 1.29 is 14.1 Å². The van der Waals surface area contributed by atoms with E-state index in [2.05, 4.69) is 39.2 Å². The Bertz CT molecular complexity index is 713. The van der Waals surface area contributed by atoms with Gasteiger partial charge in [0.25, 0.3) is 5.91 Å². The van der Waals surface area contributed by atoms with E-state index < -0.39 is 0 Å². The standard InChI is InChI=1S/C17H23N5O3/c1-11(2)22-8-4-5-13(22)17-20-16(21-25-17)12-6-7-14(18-9-12)19-15(23)10-24-3/h6-7,9,11,13H,4-5,8,10H2,1-3H3,(H,18,19,23)/t13-/m0/s1. The van der Waals surface area contributed by atoms with Crippen LogP contribution >= 0.6 is 0 Å². The van der Waals surface area contributed by atoms with Crippen molar-refractivity contribution in [3.05, 3.63) is 24.2 Å². The first-order valence-electron chi connectivity index (χ1n) is 8.43. The summed E-state index contributed by atoms with van der Waals surface area (Å²) in [6.07, 6.45) is 3.78. The molecule has 2 aromatic heterocycles. The Balaban J connectivity index is 1.71. The van der Waals surface area contributed by atoms with Gasteiger partial charge in [0.05, 0.1) is 6.04 Å². The van der Waals surface area contributed by atoms with E-state index in [1.54, 1.807) is 18.3 Å². The number of anilines is 1. The van der Waals surface area contributed by atoms with Gasteiger partial charge in [-0.05, 0) is 45.4 Å². The molecule has 1 fully saturated rings. The molecule has 1 aliphatic heterocycles. The minimum atomic E-state index is -0.250. The molecular weight excluding hydrogens is 322 g/mol. The molecule has 25 heavy (non-hydrogen) atoms. The topological polar surface area (TPSA) is 93.4 Å². The Morgan fingerprint density at radius 2 is 2.32 bits per heavy atom. The van der Waals surface area contributed by atoms with Crippen LogP contribution in [0.4, 0.5) is 5.82 Å². The molecule has 0 unspecified atom stereocenters. The maximum Gasteiger partial charge on any atom is 0.251 e. The number of nitrogens with zero attached hydrogens (tertiary/aromatic N) is 4. The Hall–Kier alpha value is -2.32. The molecule has 0 aliphatic carbocycles. The number of likely N-dealkylation sites (tertiary alicyclic amines) is 1. The van der Waals surface area contributed by atoms with Gasteiger partial charge in [0, 0.05) is 24.9 Å². The van der Waals surface area contributed by atoms with Crippen LogP contribution in [0.15, 0.2) is 22.9 Å². The smallest absolute Gasteiger partial charge is 0.251 e. The lowest BCUT2D eigenvalue weighted by molar-refractivity contribution is -0.119. The van der Waals surface area contributed by atoms with Crippen molar-refractivity contribution >= 4 is 11.7 Å². The highest BCUT2D eigenvalue weighted by Gasteiger charge is 2.32. The summed E-state index contributed by atoms with van der Waals surface area (Å²) in [4.78, 5) is 22.6. The number of pyridine rings is 1. The molecule has 0 bridgehead atoms. The summed E-state index contributed by atoms with van der Waals surface area (Å²) in [5.41, 5.74) is 0.744. The summed E-state index contributed by atoms with van der Waals surface area (Å²) in [5.74, 6) is 1.36. The highest BCUT2D eigenvalue weighted by Crippen LogP contribution is 2.33. The summed E-state index contributed by atoms with van der Waals surface area (Å²) in [6.45, 7) is 5.40. The van der Waals surface area contributed by atoms with Gasteiger partial charge in [0.1, 0.15) is 12.4 Å². The van der Waals surface area contributed by atoms with Gasteiger partial charge in [-0.15, -0.1) is 0 Å². The van der Waals surface area contributed by atoms with Crippen molar-refractivity contribution in [2.75, 3.05) is 25.6 Å². The quantitative estimate of drug-likeness (QED) is 0.858. The fourth-order valence-corrected chi connectivity index (χ4v) is 3.07. The van der Waals surface area contributed by atoms with Crippen LogP contribution in [-0.4, -0.2) is 52.2 Å². The molecular formula is C17H23N5O3. The molecule has 2 aromatic rings. The third-order valence-corrected chi connectivity index (χ3v) is 4.25. The van der Waals surface area contributed by atoms with Gasteiger partial charge in [0.15, 0.2) is 0 Å². The van der Waals surface area contributed by atoms with Crippen LogP contribution in [-0.2, 0) is 9.53 Å². The van der Waals surface area contributed by atoms with Crippen molar-refractivity contribution in [2.24, 2.45) is 0 Å². The van der Waals surface area contributed by atoms with E-state index in [9.17, 15) is 4.79 Å². The lowest BCUT2D eigenvalue weighted by Gasteiger charge is -2.25. The molecule has 0 saturated carbocycles. The fourth-order valence-electron chi connectivity index (χ4n) is 3.07. The molecule has 3 rings (SSSR count). The Labute approximate surface area is 146 Å². The fraction of sp³-hybridized carbons (Fsp3) is 0.529. The van der Waals surface area contributed by atoms with E-state index in [-0.39, 0.29) is 18.6 Å². The van der Waals surface area contributed by atoms with E-state index in [1.807, 2.05) is 0 Å². The number of nitrogens with one attached hydrogen (secondary N) is 1. The Morgan fingerprint density at radius 1 is 1.48 bits per heavy atom. The molecule has 3 heterocycles. The van der Waals surface area contributed by atoms with Crippen LogP contribution in [0.3, 0.4) is 0 Å². The summed E-state index contributed by atoms with van der Waals surface area (Å²) < 4.78 is 10.3. The van der Waals surface area contributed by atoms with Crippen molar-refractivity contribution in [3.8, 4) is 11.4 Å². The maximum atomic E-state index is 11.5. The van der Waals surface area contributed by atoms with Crippen LogP contribution < -0.4 is 5.32 Å². The number of carbonyl (C=O) groups is 1. The largest absolute Gasteiger partial charge is 0.375 e. The molecule has 1 amide bonds. The molecule has 0 spiro atoms. The Morgan fingerprint density at radius 3 is 3.00 bits per heavy atom. The average Bonchev–Trinajstić information content (AvgIpc) is 3.25. The van der Waals surface area contributed by atoms with Crippen molar-refractivity contribution in [2.45, 2.75) is 38.8 Å². The molecule has 1 N–H and O–H groups in total. The van der Waals surface area contributed by atoms with Gasteiger partial charge in [-0.1, -0.05) is 5.16 Å². The van der Waals surface area contributed by atoms with E-state index >= 15 is 0 Å². The number of amides is 1. The molecule has 8 nitrogen and oxygen atoms in total. The normalized spacial score (nSPS) is 18.0. The molecule has 1 saturated heterocycles. The van der Waals surface area contributed by atoms with Gasteiger partial charge in [0.2, 0.25) is 11.7 Å². The second kappa shape index (κ2) is 7.71. The van der Waals surface area contributed by atoms with Crippen LogP contribution in [0.5, 0.6) is 0 Å². The predicted octanol–water partition coefficient (Wildman–Crippen LogP) is 2.26. The molecule has 1 atom stereocenters. The van der Waals surface area contributed by atoms with Crippen LogP contribution in [0, 0.1) is 0 Å². The number of hydrogen-bond donors (Lipinski definition) is 1. The van der Waals surface area contributed by atoms with Gasteiger partial charge >= 0.3 is 0 Å². The lowest BCUT2D eigenvalue weighted by Crippen LogP contribution is -2.30. The second-order valence-corrected chi connectivity index (χ2v) is 6.36. The zero-order valence-electron chi connectivity index (χ0n) is 14.7. The highest BCUT2D eigenvalue weighted by atomic mass is 16.5. The number of ether oxygens (including phenoxy) is 1.